The zero-order chi connectivity index (χ0) is 7.28. The number of carbonyl (C=O) groups is 2. The highest BCUT2D eigenvalue weighted by Crippen LogP contribution is 2.02. The average Bonchev–Trinajstić information content (AvgIpc) is 1.63. The predicted molar refractivity (Wildman–Crippen MR) is 39.0 cm³/mol. The fourth-order valence-electron chi connectivity index (χ4n) is 0.212. The molecule has 0 radical (unpaired) electrons. The summed E-state index contributed by atoms with van der Waals surface area (Å²) in [5, 5.41) is -0.921. The van der Waals surface area contributed by atoms with Gasteiger partial charge in [-0.25, -0.2) is 0 Å². The lowest BCUT2D eigenvalue weighted by Crippen LogP contribution is -1.95. The van der Waals surface area contributed by atoms with Crippen molar-refractivity contribution in [3.05, 3.63) is 0 Å². The standard InChI is InChI=1S/C4H4Cl2O2S/c5-3(7)1-9-2-4(6)8/h1-2H2. The first kappa shape index (κ1) is 9.27. The molecule has 0 bridgehead atoms. The van der Waals surface area contributed by atoms with Gasteiger partial charge in [0.25, 0.3) is 0 Å². The molecule has 0 spiro atoms. The Morgan fingerprint density at radius 2 is 1.44 bits per heavy atom. The lowest BCUT2D eigenvalue weighted by molar-refractivity contribution is -0.109. The molecular formula is C4H4Cl2O2S. The van der Waals surface area contributed by atoms with E-state index in [9.17, 15) is 9.59 Å². The van der Waals surface area contributed by atoms with E-state index in [2.05, 4.69) is 0 Å². The van der Waals surface area contributed by atoms with Crippen LogP contribution in [0.3, 0.4) is 0 Å². The summed E-state index contributed by atoms with van der Waals surface area (Å²) in [6, 6.07) is 0. The van der Waals surface area contributed by atoms with Gasteiger partial charge in [-0.2, -0.15) is 0 Å². The molecule has 0 saturated heterocycles. The van der Waals surface area contributed by atoms with E-state index in [0.29, 0.717) is 0 Å². The topological polar surface area (TPSA) is 34.1 Å². The van der Waals surface area contributed by atoms with Crippen molar-refractivity contribution in [3.8, 4) is 0 Å². The van der Waals surface area contributed by atoms with Gasteiger partial charge in [-0.3, -0.25) is 9.59 Å². The molecule has 0 fully saturated rings. The number of halogens is 2. The van der Waals surface area contributed by atoms with Gasteiger partial charge in [0.1, 0.15) is 0 Å². The van der Waals surface area contributed by atoms with E-state index < -0.39 is 10.5 Å². The maximum absolute atomic E-state index is 10.0. The van der Waals surface area contributed by atoms with Crippen LogP contribution in [-0.2, 0) is 9.59 Å². The molecule has 0 saturated carbocycles. The summed E-state index contributed by atoms with van der Waals surface area (Å²) in [5.41, 5.74) is 0. The Kier molecular flexibility index (Phi) is 5.24. The second-order valence-electron chi connectivity index (χ2n) is 1.20. The third kappa shape index (κ3) is 8.27. The summed E-state index contributed by atoms with van der Waals surface area (Å²) < 4.78 is 0. The molecule has 0 heterocycles. The van der Waals surface area contributed by atoms with E-state index in [1.807, 2.05) is 0 Å². The fourth-order valence-corrected chi connectivity index (χ4v) is 1.10. The van der Waals surface area contributed by atoms with Crippen LogP contribution < -0.4 is 0 Å². The summed E-state index contributed by atoms with van der Waals surface area (Å²) in [6.45, 7) is 0. The first-order valence-electron chi connectivity index (χ1n) is 2.07. The molecule has 0 aromatic heterocycles. The van der Waals surface area contributed by atoms with E-state index in [1.165, 1.54) is 0 Å². The molecule has 0 aliphatic carbocycles. The zero-order valence-electron chi connectivity index (χ0n) is 4.39. The smallest absolute Gasteiger partial charge is 0.231 e. The van der Waals surface area contributed by atoms with Gasteiger partial charge in [0.2, 0.25) is 10.5 Å². The average molecular weight is 187 g/mol. The Bertz CT molecular complexity index is 112. The van der Waals surface area contributed by atoms with Gasteiger partial charge in [0.15, 0.2) is 0 Å². The van der Waals surface area contributed by atoms with Gasteiger partial charge in [-0.1, -0.05) is 0 Å². The highest BCUT2D eigenvalue weighted by molar-refractivity contribution is 8.00. The number of hydrogen-bond donors (Lipinski definition) is 0. The Balaban J connectivity index is 3.10. The Morgan fingerprint density at radius 1 is 1.11 bits per heavy atom. The van der Waals surface area contributed by atoms with E-state index in [0.717, 1.165) is 11.8 Å². The molecule has 5 heteroatoms. The molecule has 0 aliphatic rings. The summed E-state index contributed by atoms with van der Waals surface area (Å²) in [4.78, 5) is 20.0. The first-order valence-corrected chi connectivity index (χ1v) is 3.98. The summed E-state index contributed by atoms with van der Waals surface area (Å²) >= 11 is 11.0. The third-order valence-corrected chi connectivity index (χ3v) is 1.95. The van der Waals surface area contributed by atoms with Gasteiger partial charge in [-0.05, 0) is 23.2 Å². The molecular weight excluding hydrogens is 183 g/mol. The minimum Gasteiger partial charge on any atom is -0.280 e. The van der Waals surface area contributed by atoms with E-state index >= 15 is 0 Å². The van der Waals surface area contributed by atoms with E-state index in [4.69, 9.17) is 23.2 Å². The SMILES string of the molecule is O=C(Cl)CSCC(=O)Cl. The predicted octanol–water partition coefficient (Wildman–Crippen LogP) is 1.25. The first-order chi connectivity index (χ1) is 4.13. The number of carbonyl (C=O) groups excluding carboxylic acids is 2. The Hall–Kier alpha value is 0.270. The largest absolute Gasteiger partial charge is 0.280 e. The molecule has 0 aromatic carbocycles. The lowest BCUT2D eigenvalue weighted by Gasteiger charge is -1.88. The normalized spacial score (nSPS) is 9.11. The molecule has 0 unspecified atom stereocenters. The van der Waals surface area contributed by atoms with Crippen LogP contribution in [0.2, 0.25) is 0 Å². The highest BCUT2D eigenvalue weighted by Gasteiger charge is 1.98. The van der Waals surface area contributed by atoms with Gasteiger partial charge in [-0.15, -0.1) is 11.8 Å². The van der Waals surface area contributed by atoms with Crippen LogP contribution in [0.4, 0.5) is 0 Å². The van der Waals surface area contributed by atoms with Crippen LogP contribution in [0, 0.1) is 0 Å². The van der Waals surface area contributed by atoms with Gasteiger partial charge >= 0.3 is 0 Å². The molecule has 0 atom stereocenters. The molecule has 0 aromatic rings. The number of hydrogen-bond acceptors (Lipinski definition) is 3. The highest BCUT2D eigenvalue weighted by atomic mass is 35.5. The van der Waals surface area contributed by atoms with Gasteiger partial charge in [0.05, 0.1) is 11.5 Å². The second kappa shape index (κ2) is 5.09. The zero-order valence-corrected chi connectivity index (χ0v) is 6.72. The molecule has 0 aliphatic heterocycles. The fraction of sp³-hybridized carbons (Fsp3) is 0.500. The maximum Gasteiger partial charge on any atom is 0.231 e. The van der Waals surface area contributed by atoms with Gasteiger partial charge < -0.3 is 0 Å². The van der Waals surface area contributed by atoms with Crippen molar-refractivity contribution >= 4 is 45.4 Å². The monoisotopic (exact) mass is 186 g/mol. The van der Waals surface area contributed by atoms with Crippen LogP contribution in [0.1, 0.15) is 0 Å². The van der Waals surface area contributed by atoms with Crippen molar-refractivity contribution in [2.45, 2.75) is 0 Å². The van der Waals surface area contributed by atoms with Crippen molar-refractivity contribution in [1.82, 2.24) is 0 Å². The van der Waals surface area contributed by atoms with Crippen LogP contribution in [-0.4, -0.2) is 22.0 Å². The maximum atomic E-state index is 10.0. The van der Waals surface area contributed by atoms with Crippen LogP contribution >= 0.6 is 35.0 Å². The van der Waals surface area contributed by atoms with Crippen molar-refractivity contribution in [2.75, 3.05) is 11.5 Å². The number of rotatable bonds is 4. The van der Waals surface area contributed by atoms with Crippen LogP contribution in [0.25, 0.3) is 0 Å². The van der Waals surface area contributed by atoms with Crippen LogP contribution in [0.5, 0.6) is 0 Å². The van der Waals surface area contributed by atoms with Crippen molar-refractivity contribution in [2.24, 2.45) is 0 Å². The van der Waals surface area contributed by atoms with Gasteiger partial charge in [0, 0.05) is 0 Å². The molecule has 52 valence electrons. The summed E-state index contributed by atoms with van der Waals surface area (Å²) in [7, 11) is 0. The van der Waals surface area contributed by atoms with E-state index in [-0.39, 0.29) is 11.5 Å². The second-order valence-corrected chi connectivity index (χ2v) is 3.03. The minimum absolute atomic E-state index is 0.139. The van der Waals surface area contributed by atoms with E-state index in [1.54, 1.807) is 0 Å². The Morgan fingerprint density at radius 3 is 1.67 bits per heavy atom. The molecule has 2 nitrogen and oxygen atoms in total. The lowest BCUT2D eigenvalue weighted by atomic mass is 10.9. The minimum atomic E-state index is -0.460. The Labute approximate surface area is 66.9 Å². The third-order valence-electron chi connectivity index (χ3n) is 0.431. The van der Waals surface area contributed by atoms with Crippen molar-refractivity contribution < 1.29 is 9.59 Å². The van der Waals surface area contributed by atoms with Crippen LogP contribution in [0.15, 0.2) is 0 Å². The molecule has 0 N–H and O–H groups in total. The van der Waals surface area contributed by atoms with Crippen molar-refractivity contribution in [1.29, 1.82) is 0 Å². The molecule has 0 amide bonds. The number of thioether (sulfide) groups is 1. The summed E-state index contributed by atoms with van der Waals surface area (Å²) in [5.74, 6) is 0.278. The quantitative estimate of drug-likeness (QED) is 0.621. The molecule has 9 heavy (non-hydrogen) atoms. The molecule has 0 rings (SSSR count). The van der Waals surface area contributed by atoms with Crippen molar-refractivity contribution in [3.63, 3.8) is 0 Å². The summed E-state index contributed by atoms with van der Waals surface area (Å²) in [6.07, 6.45) is 0.